The lowest BCUT2D eigenvalue weighted by atomic mass is 10.4. The van der Waals surface area contributed by atoms with Gasteiger partial charge in [-0.05, 0) is 6.42 Å². The van der Waals surface area contributed by atoms with Crippen LogP contribution in [0.3, 0.4) is 0 Å². The number of hydrogen-bond acceptors (Lipinski definition) is 5. The third-order valence-electron chi connectivity index (χ3n) is 1.71. The van der Waals surface area contributed by atoms with Crippen molar-refractivity contribution in [2.75, 3.05) is 19.0 Å². The van der Waals surface area contributed by atoms with Crippen LogP contribution in [0.4, 0.5) is 11.5 Å². The molecule has 0 saturated carbocycles. The van der Waals surface area contributed by atoms with Crippen LogP contribution < -0.4 is 10.1 Å². The number of hydrogen-bond donors (Lipinski definition) is 1. The SMILES string of the molecule is CCCOc1cc([N+](=O)[O-])cc(NC)n1. The Bertz CT molecular complexity index is 354. The maximum Gasteiger partial charge on any atom is 0.278 e. The van der Waals surface area contributed by atoms with Crippen molar-refractivity contribution in [2.24, 2.45) is 0 Å². The Kier molecular flexibility index (Phi) is 3.84. The summed E-state index contributed by atoms with van der Waals surface area (Å²) >= 11 is 0. The zero-order valence-electron chi connectivity index (χ0n) is 8.69. The Hall–Kier alpha value is -1.85. The number of nitro groups is 1. The molecule has 1 aromatic rings. The van der Waals surface area contributed by atoms with E-state index in [2.05, 4.69) is 10.3 Å². The van der Waals surface area contributed by atoms with Gasteiger partial charge in [-0.1, -0.05) is 6.92 Å². The average molecular weight is 211 g/mol. The normalized spacial score (nSPS) is 9.73. The maximum absolute atomic E-state index is 10.6. The highest BCUT2D eigenvalue weighted by Gasteiger charge is 2.10. The monoisotopic (exact) mass is 211 g/mol. The van der Waals surface area contributed by atoms with E-state index < -0.39 is 4.92 Å². The summed E-state index contributed by atoms with van der Waals surface area (Å²) in [6.07, 6.45) is 0.833. The van der Waals surface area contributed by atoms with Crippen LogP contribution in [0.1, 0.15) is 13.3 Å². The van der Waals surface area contributed by atoms with E-state index >= 15 is 0 Å². The summed E-state index contributed by atoms with van der Waals surface area (Å²) in [6.45, 7) is 2.45. The van der Waals surface area contributed by atoms with Gasteiger partial charge < -0.3 is 10.1 Å². The summed E-state index contributed by atoms with van der Waals surface area (Å²) in [5, 5.41) is 13.3. The van der Waals surface area contributed by atoms with Crippen LogP contribution in [0.15, 0.2) is 12.1 Å². The van der Waals surface area contributed by atoms with Crippen LogP contribution in [0, 0.1) is 10.1 Å². The van der Waals surface area contributed by atoms with Gasteiger partial charge in [-0.2, -0.15) is 4.98 Å². The summed E-state index contributed by atoms with van der Waals surface area (Å²) in [5.41, 5.74) is -0.0274. The summed E-state index contributed by atoms with van der Waals surface area (Å²) < 4.78 is 5.23. The molecule has 0 unspecified atom stereocenters. The fraction of sp³-hybridized carbons (Fsp3) is 0.444. The molecular weight excluding hydrogens is 198 g/mol. The molecule has 0 bridgehead atoms. The smallest absolute Gasteiger partial charge is 0.278 e. The van der Waals surface area contributed by atoms with Crippen molar-refractivity contribution in [3.05, 3.63) is 22.2 Å². The number of nitrogens with one attached hydrogen (secondary N) is 1. The fourth-order valence-corrected chi connectivity index (χ4v) is 1.01. The molecule has 1 aromatic heterocycles. The van der Waals surface area contributed by atoms with Crippen LogP contribution in [-0.2, 0) is 0 Å². The predicted octanol–water partition coefficient (Wildman–Crippen LogP) is 1.82. The topological polar surface area (TPSA) is 77.3 Å². The number of nitrogens with zero attached hydrogens (tertiary/aromatic N) is 2. The van der Waals surface area contributed by atoms with Crippen LogP contribution in [-0.4, -0.2) is 23.6 Å². The molecule has 15 heavy (non-hydrogen) atoms. The second kappa shape index (κ2) is 5.14. The van der Waals surface area contributed by atoms with Crippen molar-refractivity contribution in [3.63, 3.8) is 0 Å². The zero-order chi connectivity index (χ0) is 11.3. The summed E-state index contributed by atoms with van der Waals surface area (Å²) in [5.74, 6) is 0.700. The number of pyridine rings is 1. The minimum atomic E-state index is -0.471. The second-order valence-corrected chi connectivity index (χ2v) is 2.90. The minimum absolute atomic E-state index is 0.0274. The van der Waals surface area contributed by atoms with Crippen LogP contribution in [0.25, 0.3) is 0 Å². The van der Waals surface area contributed by atoms with Crippen molar-refractivity contribution in [1.29, 1.82) is 0 Å². The van der Waals surface area contributed by atoms with E-state index in [9.17, 15) is 10.1 Å². The van der Waals surface area contributed by atoms with Gasteiger partial charge in [0.1, 0.15) is 5.82 Å². The predicted molar refractivity (Wildman–Crippen MR) is 56.2 cm³/mol. The number of ether oxygens (including phenoxy) is 1. The van der Waals surface area contributed by atoms with Gasteiger partial charge in [0.2, 0.25) is 5.88 Å². The highest BCUT2D eigenvalue weighted by atomic mass is 16.6. The van der Waals surface area contributed by atoms with Crippen molar-refractivity contribution in [1.82, 2.24) is 4.98 Å². The fourth-order valence-electron chi connectivity index (χ4n) is 1.01. The lowest BCUT2D eigenvalue weighted by Crippen LogP contribution is -2.01. The lowest BCUT2D eigenvalue weighted by Gasteiger charge is -2.05. The van der Waals surface area contributed by atoms with E-state index in [0.29, 0.717) is 12.4 Å². The molecule has 0 aromatic carbocycles. The molecule has 0 aliphatic rings. The molecule has 0 atom stereocenters. The molecule has 0 radical (unpaired) electrons. The van der Waals surface area contributed by atoms with Gasteiger partial charge in [0.15, 0.2) is 0 Å². The molecular formula is C9H13N3O3. The van der Waals surface area contributed by atoms with Gasteiger partial charge >= 0.3 is 0 Å². The van der Waals surface area contributed by atoms with Gasteiger partial charge in [0, 0.05) is 7.05 Å². The Morgan fingerprint density at radius 2 is 2.33 bits per heavy atom. The van der Waals surface area contributed by atoms with Gasteiger partial charge in [-0.25, -0.2) is 0 Å². The molecule has 0 fully saturated rings. The summed E-state index contributed by atoms with van der Waals surface area (Å²) in [6, 6.07) is 2.68. The van der Waals surface area contributed by atoms with Crippen LogP contribution in [0.5, 0.6) is 5.88 Å². The average Bonchev–Trinajstić information content (AvgIpc) is 2.25. The number of anilines is 1. The van der Waals surface area contributed by atoms with E-state index in [1.165, 1.54) is 12.1 Å². The third kappa shape index (κ3) is 3.08. The molecule has 0 spiro atoms. The first kappa shape index (κ1) is 11.2. The molecule has 0 aliphatic heterocycles. The van der Waals surface area contributed by atoms with Gasteiger partial charge in [-0.15, -0.1) is 0 Å². The zero-order valence-corrected chi connectivity index (χ0v) is 8.69. The van der Waals surface area contributed by atoms with Gasteiger partial charge in [0.05, 0.1) is 23.7 Å². The van der Waals surface area contributed by atoms with Crippen molar-refractivity contribution in [2.45, 2.75) is 13.3 Å². The Morgan fingerprint density at radius 3 is 2.87 bits per heavy atom. The number of rotatable bonds is 5. The molecule has 6 nitrogen and oxygen atoms in total. The molecule has 0 aliphatic carbocycles. The van der Waals surface area contributed by atoms with Crippen molar-refractivity contribution in [3.8, 4) is 5.88 Å². The van der Waals surface area contributed by atoms with E-state index in [4.69, 9.17) is 4.74 Å². The molecule has 1 rings (SSSR count). The maximum atomic E-state index is 10.6. The first-order valence-electron chi connectivity index (χ1n) is 4.64. The second-order valence-electron chi connectivity index (χ2n) is 2.90. The van der Waals surface area contributed by atoms with Gasteiger partial charge in [-0.3, -0.25) is 10.1 Å². The van der Waals surface area contributed by atoms with Crippen molar-refractivity contribution >= 4 is 11.5 Å². The van der Waals surface area contributed by atoms with E-state index in [1.54, 1.807) is 7.05 Å². The van der Waals surface area contributed by atoms with E-state index in [-0.39, 0.29) is 11.6 Å². The molecule has 0 saturated heterocycles. The third-order valence-corrected chi connectivity index (χ3v) is 1.71. The number of aromatic nitrogens is 1. The first-order valence-corrected chi connectivity index (χ1v) is 4.64. The molecule has 1 heterocycles. The van der Waals surface area contributed by atoms with E-state index in [1.807, 2.05) is 6.92 Å². The summed E-state index contributed by atoms with van der Waals surface area (Å²) in [7, 11) is 1.65. The van der Waals surface area contributed by atoms with Crippen LogP contribution in [0.2, 0.25) is 0 Å². The molecule has 82 valence electrons. The first-order chi connectivity index (χ1) is 7.17. The largest absolute Gasteiger partial charge is 0.477 e. The van der Waals surface area contributed by atoms with Crippen molar-refractivity contribution < 1.29 is 9.66 Å². The Labute approximate surface area is 87.4 Å². The Morgan fingerprint density at radius 1 is 1.60 bits per heavy atom. The van der Waals surface area contributed by atoms with Crippen LogP contribution >= 0.6 is 0 Å². The Balaban J connectivity index is 2.95. The van der Waals surface area contributed by atoms with E-state index in [0.717, 1.165) is 6.42 Å². The summed E-state index contributed by atoms with van der Waals surface area (Å²) in [4.78, 5) is 14.2. The molecule has 0 amide bonds. The highest BCUT2D eigenvalue weighted by Crippen LogP contribution is 2.21. The quantitative estimate of drug-likeness (QED) is 0.593. The molecule has 1 N–H and O–H groups in total. The highest BCUT2D eigenvalue weighted by molar-refractivity contribution is 5.47. The minimum Gasteiger partial charge on any atom is -0.477 e. The lowest BCUT2D eigenvalue weighted by molar-refractivity contribution is -0.384. The molecule has 6 heteroatoms. The standard InChI is InChI=1S/C9H13N3O3/c1-3-4-15-9-6-7(12(13)14)5-8(10-2)11-9/h5-6H,3-4H2,1-2H3,(H,10,11). The van der Waals surface area contributed by atoms with Gasteiger partial charge in [0.25, 0.3) is 5.69 Å².